The fourth-order valence-corrected chi connectivity index (χ4v) is 7.84. The molecule has 1 aromatic heterocycles. The fraction of sp³-hybridized carbons (Fsp3) is 0.810. The van der Waals surface area contributed by atoms with Gasteiger partial charge in [0.25, 0.3) is 0 Å². The molecular weight excluding hydrogens is 446 g/mol. The van der Waals surface area contributed by atoms with Crippen LogP contribution in [0.15, 0.2) is 6.07 Å². The highest BCUT2D eigenvalue weighted by Gasteiger charge is 2.46. The molecule has 3 saturated heterocycles. The van der Waals surface area contributed by atoms with Crippen LogP contribution in [0.3, 0.4) is 0 Å². The number of hydrogen-bond acceptors (Lipinski definition) is 10. The number of anilines is 2. The number of piperidine rings is 2. The van der Waals surface area contributed by atoms with Gasteiger partial charge in [-0.3, -0.25) is 5.43 Å². The smallest absolute Gasteiger partial charge is 0.228 e. The fourth-order valence-electron chi connectivity index (χ4n) is 5.44. The molecule has 11 nitrogen and oxygen atoms in total. The number of hydrazine groups is 1. The number of aliphatic hydroxyl groups is 1. The van der Waals surface area contributed by atoms with Gasteiger partial charge in [0.05, 0.1) is 25.6 Å². The van der Waals surface area contributed by atoms with Crippen LogP contribution < -0.4 is 26.2 Å². The van der Waals surface area contributed by atoms with Gasteiger partial charge in [-0.15, -0.1) is 0 Å². The third-order valence-electron chi connectivity index (χ3n) is 7.14. The topological polar surface area (TPSA) is 141 Å². The highest BCUT2D eigenvalue weighted by Crippen LogP contribution is 2.40. The van der Waals surface area contributed by atoms with Crippen molar-refractivity contribution in [3.05, 3.63) is 6.07 Å². The Kier molecular flexibility index (Phi) is 6.62. The van der Waals surface area contributed by atoms with E-state index in [0.717, 1.165) is 44.9 Å². The maximum atomic E-state index is 13.1. The van der Waals surface area contributed by atoms with Crippen molar-refractivity contribution in [1.82, 2.24) is 25.1 Å². The number of nitrogens with zero attached hydrogens (tertiary/aromatic N) is 3. The second-order valence-electron chi connectivity index (χ2n) is 9.82. The molecule has 4 heterocycles. The lowest BCUT2D eigenvalue weighted by molar-refractivity contribution is 0.115. The van der Waals surface area contributed by atoms with E-state index in [2.05, 4.69) is 31.5 Å². The summed E-state index contributed by atoms with van der Waals surface area (Å²) >= 11 is 0. The van der Waals surface area contributed by atoms with Gasteiger partial charge < -0.3 is 20.5 Å². The van der Waals surface area contributed by atoms with Crippen LogP contribution in [0, 0.1) is 5.92 Å². The first-order valence-electron chi connectivity index (χ1n) is 12.0. The zero-order valence-corrected chi connectivity index (χ0v) is 19.9. The average molecular weight is 482 g/mol. The van der Waals surface area contributed by atoms with Crippen molar-refractivity contribution in [2.75, 3.05) is 30.1 Å². The summed E-state index contributed by atoms with van der Waals surface area (Å²) < 4.78 is 33.4. The normalized spacial score (nSPS) is 32.5. The molecule has 1 saturated carbocycles. The number of nitrogens with one attached hydrogen (secondary N) is 4. The summed E-state index contributed by atoms with van der Waals surface area (Å²) in [6.07, 6.45) is 7.15. The number of methoxy groups -OCH3 is 1. The van der Waals surface area contributed by atoms with E-state index < -0.39 is 10.0 Å². The molecule has 0 aromatic carbocycles. The van der Waals surface area contributed by atoms with Crippen LogP contribution in [-0.4, -0.2) is 77.6 Å². The molecule has 184 valence electrons. The summed E-state index contributed by atoms with van der Waals surface area (Å²) in [5, 5.41) is 16.1. The number of aliphatic hydroxyl groups excluding tert-OH is 1. The molecule has 5 N–H and O–H groups in total. The maximum Gasteiger partial charge on any atom is 0.228 e. The Morgan fingerprint density at radius 1 is 1.12 bits per heavy atom. The Bertz CT molecular complexity index is 931. The highest BCUT2D eigenvalue weighted by molar-refractivity contribution is 7.89. The van der Waals surface area contributed by atoms with Crippen LogP contribution in [0.25, 0.3) is 0 Å². The molecule has 5 atom stereocenters. The van der Waals surface area contributed by atoms with Crippen molar-refractivity contribution in [3.63, 3.8) is 0 Å². The minimum atomic E-state index is -3.20. The molecule has 1 aliphatic carbocycles. The summed E-state index contributed by atoms with van der Waals surface area (Å²) in [7, 11) is -1.63. The van der Waals surface area contributed by atoms with Crippen molar-refractivity contribution in [3.8, 4) is 5.88 Å². The first-order chi connectivity index (χ1) is 15.9. The molecule has 4 aliphatic rings. The van der Waals surface area contributed by atoms with Gasteiger partial charge in [0.15, 0.2) is 0 Å². The van der Waals surface area contributed by atoms with Crippen molar-refractivity contribution in [1.29, 1.82) is 0 Å². The largest absolute Gasteiger partial charge is 0.481 e. The minimum absolute atomic E-state index is 0.00961. The van der Waals surface area contributed by atoms with Gasteiger partial charge in [0.1, 0.15) is 5.82 Å². The van der Waals surface area contributed by atoms with Crippen LogP contribution in [0.2, 0.25) is 0 Å². The van der Waals surface area contributed by atoms with Gasteiger partial charge in [0.2, 0.25) is 21.9 Å². The minimum Gasteiger partial charge on any atom is -0.481 e. The van der Waals surface area contributed by atoms with E-state index >= 15 is 0 Å². The van der Waals surface area contributed by atoms with Gasteiger partial charge >= 0.3 is 0 Å². The van der Waals surface area contributed by atoms with Gasteiger partial charge in [-0.1, -0.05) is 6.42 Å². The van der Waals surface area contributed by atoms with E-state index in [1.165, 1.54) is 0 Å². The van der Waals surface area contributed by atoms with Crippen molar-refractivity contribution >= 4 is 21.8 Å². The molecule has 5 rings (SSSR count). The van der Waals surface area contributed by atoms with Crippen molar-refractivity contribution < 1.29 is 18.3 Å². The number of rotatable bonds is 9. The molecule has 33 heavy (non-hydrogen) atoms. The second kappa shape index (κ2) is 9.49. The third kappa shape index (κ3) is 5.35. The molecule has 12 heteroatoms. The van der Waals surface area contributed by atoms with Crippen LogP contribution in [0.4, 0.5) is 11.8 Å². The first-order valence-corrected chi connectivity index (χ1v) is 13.6. The lowest BCUT2D eigenvalue weighted by atomic mass is 9.84. The quantitative estimate of drug-likeness (QED) is 0.341. The molecule has 2 bridgehead atoms. The zero-order chi connectivity index (χ0) is 23.0. The van der Waals surface area contributed by atoms with Crippen molar-refractivity contribution in [2.24, 2.45) is 5.92 Å². The first kappa shape index (κ1) is 23.0. The van der Waals surface area contributed by atoms with Gasteiger partial charge in [0, 0.05) is 36.7 Å². The number of ether oxygens (including phenoxy) is 1. The molecule has 3 unspecified atom stereocenters. The summed E-state index contributed by atoms with van der Waals surface area (Å²) in [6.45, 7) is 0.0580. The second-order valence-corrected chi connectivity index (χ2v) is 11.7. The summed E-state index contributed by atoms with van der Waals surface area (Å²) in [5.41, 5.74) is 6.14. The van der Waals surface area contributed by atoms with Crippen molar-refractivity contribution in [2.45, 2.75) is 81.7 Å². The van der Waals surface area contributed by atoms with E-state index in [4.69, 9.17) is 4.74 Å². The van der Waals surface area contributed by atoms with E-state index in [9.17, 15) is 13.5 Å². The number of hydrogen-bond donors (Lipinski definition) is 5. The van der Waals surface area contributed by atoms with Crippen LogP contribution in [0.1, 0.15) is 51.4 Å². The van der Waals surface area contributed by atoms with E-state index in [0.29, 0.717) is 35.7 Å². The average Bonchev–Trinajstić information content (AvgIpc) is 3.46. The zero-order valence-electron chi connectivity index (χ0n) is 19.0. The Hall–Kier alpha value is -1.73. The number of sulfonamides is 1. The van der Waals surface area contributed by atoms with Gasteiger partial charge in [-0.2, -0.15) is 14.3 Å². The van der Waals surface area contributed by atoms with Gasteiger partial charge in [-0.25, -0.2) is 13.8 Å². The molecule has 1 aromatic rings. The Labute approximate surface area is 195 Å². The standard InChI is InChI=1S/C21H35N7O4S/c1-32-20-10-18(23-19-9-15(11-29)26-27-19)24-21(25-20)22-14-7-16-3-2-4-17(8-14)28(16)33(30,31)12-13-5-6-13/h10,13-17,19,26-27,29H,2-9,11-12H2,1H3,(H2,22,23,24,25)/t14?,15?,16-,17+,19?. The SMILES string of the molecule is COc1cc(NC2CC(CO)NN2)nc(NC2C[C@H]3CCC[C@@H](C2)N3S(=O)(=O)CC2CC2)n1. The maximum absolute atomic E-state index is 13.1. The molecule has 0 amide bonds. The highest BCUT2D eigenvalue weighted by atomic mass is 32.2. The predicted octanol–water partition coefficient (Wildman–Crippen LogP) is 0.619. The van der Waals surface area contributed by atoms with Crippen LogP contribution in [0.5, 0.6) is 5.88 Å². The summed E-state index contributed by atoms with van der Waals surface area (Å²) in [4.78, 5) is 9.09. The Morgan fingerprint density at radius 2 is 1.88 bits per heavy atom. The lowest BCUT2D eigenvalue weighted by Gasteiger charge is -2.47. The van der Waals surface area contributed by atoms with E-state index in [1.807, 2.05) is 4.31 Å². The lowest BCUT2D eigenvalue weighted by Crippen LogP contribution is -2.57. The Morgan fingerprint density at radius 3 is 2.52 bits per heavy atom. The van der Waals surface area contributed by atoms with E-state index in [-0.39, 0.29) is 36.9 Å². The summed E-state index contributed by atoms with van der Waals surface area (Å²) in [5.74, 6) is 2.21. The van der Waals surface area contributed by atoms with E-state index in [1.54, 1.807) is 13.2 Å². The van der Waals surface area contributed by atoms with Gasteiger partial charge in [-0.05, 0) is 44.4 Å². The Balaban J connectivity index is 1.26. The summed E-state index contributed by atoms with van der Waals surface area (Å²) in [6, 6.07) is 1.93. The molecule has 0 spiro atoms. The van der Waals surface area contributed by atoms with Crippen LogP contribution >= 0.6 is 0 Å². The van der Waals surface area contributed by atoms with Crippen LogP contribution in [-0.2, 0) is 10.0 Å². The predicted molar refractivity (Wildman–Crippen MR) is 124 cm³/mol. The monoisotopic (exact) mass is 481 g/mol. The third-order valence-corrected chi connectivity index (χ3v) is 9.27. The number of aromatic nitrogens is 2. The number of fused-ring (bicyclic) bond motifs is 2. The molecular formula is C21H35N7O4S. The molecule has 0 radical (unpaired) electrons. The molecule has 4 fully saturated rings. The molecule has 3 aliphatic heterocycles.